The predicted octanol–water partition coefficient (Wildman–Crippen LogP) is 3.35. The quantitative estimate of drug-likeness (QED) is 0.860. The van der Waals surface area contributed by atoms with Gasteiger partial charge in [-0.25, -0.2) is 4.79 Å². The molecule has 2 aromatic rings. The van der Waals surface area contributed by atoms with Crippen LogP contribution in [0.25, 0.3) is 6.08 Å². The number of aliphatic carboxylic acids is 1. The van der Waals surface area contributed by atoms with Gasteiger partial charge in [-0.05, 0) is 46.2 Å². The second-order valence-corrected chi connectivity index (χ2v) is 5.33. The van der Waals surface area contributed by atoms with Gasteiger partial charge in [-0.1, -0.05) is 6.07 Å². The molecular formula is C16H14N2O2S. The maximum atomic E-state index is 10.5. The first-order valence-electron chi connectivity index (χ1n) is 6.27. The van der Waals surface area contributed by atoms with Gasteiger partial charge in [-0.15, -0.1) is 0 Å². The summed E-state index contributed by atoms with van der Waals surface area (Å²) in [5, 5.41) is 22.0. The first-order valence-corrected chi connectivity index (χ1v) is 7.22. The zero-order valence-electron chi connectivity index (χ0n) is 11.5. The summed E-state index contributed by atoms with van der Waals surface area (Å²) in [6.45, 7) is 0.725. The van der Waals surface area contributed by atoms with E-state index in [4.69, 9.17) is 5.11 Å². The molecule has 1 aromatic carbocycles. The summed E-state index contributed by atoms with van der Waals surface area (Å²) < 4.78 is 0. The number of nitrogens with zero attached hydrogens (tertiary/aromatic N) is 2. The van der Waals surface area contributed by atoms with E-state index >= 15 is 0 Å². The fraction of sp³-hybridized carbons (Fsp3) is 0.125. The first-order chi connectivity index (χ1) is 10.1. The number of benzene rings is 1. The molecular weight excluding hydrogens is 284 g/mol. The zero-order valence-corrected chi connectivity index (χ0v) is 12.3. The maximum absolute atomic E-state index is 10.5. The van der Waals surface area contributed by atoms with Gasteiger partial charge in [0.1, 0.15) is 6.07 Å². The molecule has 21 heavy (non-hydrogen) atoms. The van der Waals surface area contributed by atoms with Crippen molar-refractivity contribution in [2.75, 3.05) is 11.9 Å². The van der Waals surface area contributed by atoms with Crippen LogP contribution >= 0.6 is 11.3 Å². The highest BCUT2D eigenvalue weighted by Gasteiger charge is 2.08. The van der Waals surface area contributed by atoms with Crippen LogP contribution in [0.1, 0.15) is 16.7 Å². The molecule has 0 atom stereocenters. The summed E-state index contributed by atoms with van der Waals surface area (Å²) in [7, 11) is 1.93. The van der Waals surface area contributed by atoms with Crippen molar-refractivity contribution in [2.45, 2.75) is 6.54 Å². The Kier molecular flexibility index (Phi) is 4.75. The summed E-state index contributed by atoms with van der Waals surface area (Å²) in [6, 6.07) is 9.55. The molecule has 0 unspecified atom stereocenters. The smallest absolute Gasteiger partial charge is 0.328 e. The van der Waals surface area contributed by atoms with E-state index in [2.05, 4.69) is 17.5 Å². The van der Waals surface area contributed by atoms with E-state index in [1.54, 1.807) is 23.5 Å². The molecule has 0 fully saturated rings. The first kappa shape index (κ1) is 14.8. The molecule has 0 spiro atoms. The molecule has 0 aliphatic rings. The minimum absolute atomic E-state index is 0.528. The van der Waals surface area contributed by atoms with Crippen molar-refractivity contribution in [3.63, 3.8) is 0 Å². The molecule has 5 heteroatoms. The standard InChI is InChI=1S/C16H14N2O2S/c1-18(10-13-6-7-21-11-13)15-4-2-12(3-5-16(19)20)8-14(15)9-17/h2-8,11H,10H2,1H3,(H,19,20)/b5-3+. The van der Waals surface area contributed by atoms with Crippen LogP contribution in [-0.2, 0) is 11.3 Å². The second-order valence-electron chi connectivity index (χ2n) is 4.55. The van der Waals surface area contributed by atoms with Crippen molar-refractivity contribution < 1.29 is 9.90 Å². The van der Waals surface area contributed by atoms with Crippen molar-refractivity contribution in [3.05, 3.63) is 57.8 Å². The molecule has 0 saturated heterocycles. The molecule has 2 rings (SSSR count). The molecule has 1 N–H and O–H groups in total. The van der Waals surface area contributed by atoms with Crippen molar-refractivity contribution >= 4 is 29.1 Å². The average Bonchev–Trinajstić information content (AvgIpc) is 2.97. The maximum Gasteiger partial charge on any atom is 0.328 e. The highest BCUT2D eigenvalue weighted by atomic mass is 32.1. The van der Waals surface area contributed by atoms with Gasteiger partial charge in [0, 0.05) is 19.7 Å². The number of anilines is 1. The molecule has 0 aliphatic carbocycles. The van der Waals surface area contributed by atoms with Crippen LogP contribution in [0.3, 0.4) is 0 Å². The molecule has 0 bridgehead atoms. The zero-order chi connectivity index (χ0) is 15.2. The Bertz CT molecular complexity index is 700. The van der Waals surface area contributed by atoms with Crippen LogP contribution in [0, 0.1) is 11.3 Å². The molecule has 1 heterocycles. The van der Waals surface area contributed by atoms with Gasteiger partial charge >= 0.3 is 5.97 Å². The monoisotopic (exact) mass is 298 g/mol. The van der Waals surface area contributed by atoms with E-state index in [-0.39, 0.29) is 0 Å². The summed E-state index contributed by atoms with van der Waals surface area (Å²) in [4.78, 5) is 12.5. The third kappa shape index (κ3) is 3.94. The highest BCUT2D eigenvalue weighted by molar-refractivity contribution is 7.07. The van der Waals surface area contributed by atoms with E-state index in [1.165, 1.54) is 11.6 Å². The Morgan fingerprint density at radius 3 is 2.90 bits per heavy atom. The summed E-state index contributed by atoms with van der Waals surface area (Å²) >= 11 is 1.64. The van der Waals surface area contributed by atoms with Gasteiger partial charge in [-0.2, -0.15) is 16.6 Å². The van der Waals surface area contributed by atoms with Crippen LogP contribution in [-0.4, -0.2) is 18.1 Å². The molecule has 4 nitrogen and oxygen atoms in total. The Labute approximate surface area is 127 Å². The van der Waals surface area contributed by atoms with E-state index in [0.29, 0.717) is 11.1 Å². The van der Waals surface area contributed by atoms with Crippen LogP contribution in [0.5, 0.6) is 0 Å². The molecule has 106 valence electrons. The molecule has 0 radical (unpaired) electrons. The number of thiophene rings is 1. The lowest BCUT2D eigenvalue weighted by atomic mass is 10.1. The summed E-state index contributed by atoms with van der Waals surface area (Å²) in [5.74, 6) is -1.01. The minimum atomic E-state index is -1.01. The van der Waals surface area contributed by atoms with Crippen LogP contribution in [0.4, 0.5) is 5.69 Å². The van der Waals surface area contributed by atoms with Gasteiger partial charge in [0.15, 0.2) is 0 Å². The fourth-order valence-corrected chi connectivity index (χ4v) is 2.65. The summed E-state index contributed by atoms with van der Waals surface area (Å²) in [6.07, 6.45) is 2.54. The topological polar surface area (TPSA) is 64.3 Å². The Hall–Kier alpha value is -2.58. The lowest BCUT2D eigenvalue weighted by molar-refractivity contribution is -0.131. The van der Waals surface area contributed by atoms with Gasteiger partial charge in [0.25, 0.3) is 0 Å². The van der Waals surface area contributed by atoms with E-state index in [1.807, 2.05) is 23.4 Å². The SMILES string of the molecule is CN(Cc1ccsc1)c1ccc(/C=C/C(=O)O)cc1C#N. The number of carboxylic acids is 1. The normalized spacial score (nSPS) is 10.5. The van der Waals surface area contributed by atoms with Crippen molar-refractivity contribution in [1.82, 2.24) is 0 Å². The Balaban J connectivity index is 2.24. The minimum Gasteiger partial charge on any atom is -0.478 e. The fourth-order valence-electron chi connectivity index (χ4n) is 1.99. The number of carbonyl (C=O) groups is 1. The molecule has 0 saturated carbocycles. The van der Waals surface area contributed by atoms with Crippen LogP contribution in [0.15, 0.2) is 41.1 Å². The van der Waals surface area contributed by atoms with Crippen molar-refractivity contribution in [2.24, 2.45) is 0 Å². The van der Waals surface area contributed by atoms with Gasteiger partial charge in [0.05, 0.1) is 11.3 Å². The average molecular weight is 298 g/mol. The Morgan fingerprint density at radius 1 is 1.48 bits per heavy atom. The number of hydrogen-bond acceptors (Lipinski definition) is 4. The summed E-state index contributed by atoms with van der Waals surface area (Å²) in [5.41, 5.74) is 3.25. The Morgan fingerprint density at radius 2 is 2.29 bits per heavy atom. The van der Waals surface area contributed by atoms with E-state index in [9.17, 15) is 10.1 Å². The van der Waals surface area contributed by atoms with Gasteiger partial charge in [0.2, 0.25) is 0 Å². The van der Waals surface area contributed by atoms with Crippen LogP contribution in [0.2, 0.25) is 0 Å². The molecule has 0 amide bonds. The van der Waals surface area contributed by atoms with Crippen molar-refractivity contribution in [3.8, 4) is 6.07 Å². The third-order valence-electron chi connectivity index (χ3n) is 2.97. The highest BCUT2D eigenvalue weighted by Crippen LogP contribution is 2.23. The third-order valence-corrected chi connectivity index (χ3v) is 3.70. The number of hydrogen-bond donors (Lipinski definition) is 1. The molecule has 1 aromatic heterocycles. The lowest BCUT2D eigenvalue weighted by Gasteiger charge is -2.20. The lowest BCUT2D eigenvalue weighted by Crippen LogP contribution is -2.17. The second kappa shape index (κ2) is 6.73. The largest absolute Gasteiger partial charge is 0.478 e. The van der Waals surface area contributed by atoms with Gasteiger partial charge < -0.3 is 10.0 Å². The van der Waals surface area contributed by atoms with Crippen LogP contribution < -0.4 is 4.90 Å². The molecule has 0 aliphatic heterocycles. The number of carboxylic acid groups (broad SMARTS) is 1. The van der Waals surface area contributed by atoms with Gasteiger partial charge in [-0.3, -0.25) is 0 Å². The van der Waals surface area contributed by atoms with Crippen molar-refractivity contribution in [1.29, 1.82) is 5.26 Å². The predicted molar refractivity (Wildman–Crippen MR) is 84.3 cm³/mol. The van der Waals surface area contributed by atoms with E-state index < -0.39 is 5.97 Å². The van der Waals surface area contributed by atoms with E-state index in [0.717, 1.165) is 18.3 Å². The number of nitriles is 1. The number of rotatable bonds is 5.